The van der Waals surface area contributed by atoms with Gasteiger partial charge in [-0.25, -0.2) is 9.96 Å². The molecule has 0 unspecified atom stereocenters. The highest BCUT2D eigenvalue weighted by molar-refractivity contribution is 6.24. The van der Waals surface area contributed by atoms with Gasteiger partial charge in [-0.2, -0.15) is 0 Å². The molecule has 2 aliphatic rings. The number of carbonyl (C=O) groups is 2. The second-order valence-electron chi connectivity index (χ2n) is 8.39. The number of hydroxylamine groups is 1. The van der Waals surface area contributed by atoms with Gasteiger partial charge in [-0.05, 0) is 55.3 Å². The number of imide groups is 1. The summed E-state index contributed by atoms with van der Waals surface area (Å²) in [6.07, 6.45) is -0.955. The number of hydrogen-bond acceptors (Lipinski definition) is 6. The number of ether oxygens (including phenoxy) is 1. The first-order chi connectivity index (χ1) is 15.9. The largest absolute Gasteiger partial charge is 0.504 e. The molecule has 0 bridgehead atoms. The second kappa shape index (κ2) is 7.94. The lowest BCUT2D eigenvalue weighted by Gasteiger charge is -2.29. The van der Waals surface area contributed by atoms with Gasteiger partial charge in [-0.3, -0.25) is 14.4 Å². The highest BCUT2D eigenvalue weighted by Crippen LogP contribution is 2.48. The van der Waals surface area contributed by atoms with E-state index in [0.717, 1.165) is 16.8 Å². The molecule has 2 fully saturated rings. The van der Waals surface area contributed by atoms with Crippen LogP contribution in [0.2, 0.25) is 0 Å². The van der Waals surface area contributed by atoms with Crippen LogP contribution in [-0.2, 0) is 14.4 Å². The van der Waals surface area contributed by atoms with Crippen LogP contribution < -0.4 is 14.7 Å². The van der Waals surface area contributed by atoms with Crippen LogP contribution in [0.3, 0.4) is 0 Å². The van der Waals surface area contributed by atoms with Crippen LogP contribution in [0.4, 0.5) is 11.4 Å². The number of carbonyl (C=O) groups excluding carboxylic acids is 2. The summed E-state index contributed by atoms with van der Waals surface area (Å²) in [4.78, 5) is 34.6. The predicted octanol–water partition coefficient (Wildman–Crippen LogP) is 4.07. The number of aromatic hydroxyl groups is 1. The van der Waals surface area contributed by atoms with Crippen molar-refractivity contribution < 1.29 is 24.3 Å². The molecule has 5 rings (SSSR count). The molecule has 2 amide bonds. The summed E-state index contributed by atoms with van der Waals surface area (Å²) < 4.78 is 5.29. The van der Waals surface area contributed by atoms with Gasteiger partial charge in [0, 0.05) is 0 Å². The lowest BCUT2D eigenvalue weighted by molar-refractivity contribution is -0.126. The van der Waals surface area contributed by atoms with Crippen LogP contribution >= 0.6 is 0 Å². The molecule has 2 heterocycles. The highest BCUT2D eigenvalue weighted by Gasteiger charge is 2.60. The summed E-state index contributed by atoms with van der Waals surface area (Å²) in [5.74, 6) is -1.17. The first kappa shape index (κ1) is 21.0. The fourth-order valence-electron chi connectivity index (χ4n) is 4.72. The minimum atomic E-state index is -0.955. The molecule has 3 aromatic rings. The Morgan fingerprint density at radius 1 is 0.939 bits per heavy atom. The van der Waals surface area contributed by atoms with E-state index < -0.39 is 18.1 Å². The van der Waals surface area contributed by atoms with Gasteiger partial charge in [-0.15, -0.1) is 0 Å². The van der Waals surface area contributed by atoms with Gasteiger partial charge in [0.2, 0.25) is 5.91 Å². The molecule has 3 aromatic carbocycles. The van der Waals surface area contributed by atoms with E-state index in [1.54, 1.807) is 23.3 Å². The van der Waals surface area contributed by atoms with Crippen LogP contribution in [0.15, 0.2) is 66.7 Å². The number of phenolic OH excluding ortho intramolecular Hbond substituents is 1. The third-order valence-electron chi connectivity index (χ3n) is 6.26. The standard InChI is InChI=1S/C26H24N2O5/c1-15-9-11-19(16(2)13-15)27-25(30)22-23(17-10-12-20(29)21(14-17)32-3)28(33-24(22)26(27)31)18-7-5-4-6-8-18/h4-14,22-24,29H,1-3H3/t22-,23-,24+/m0/s1. The molecule has 1 N–H and O–H groups in total. The average Bonchev–Trinajstić information content (AvgIpc) is 3.31. The van der Waals surface area contributed by atoms with Crippen molar-refractivity contribution in [1.82, 2.24) is 0 Å². The Kier molecular flexibility index (Phi) is 5.06. The zero-order valence-electron chi connectivity index (χ0n) is 18.6. The molecule has 0 aliphatic carbocycles. The molecule has 33 heavy (non-hydrogen) atoms. The lowest BCUT2D eigenvalue weighted by Crippen LogP contribution is -2.37. The third kappa shape index (κ3) is 3.32. The maximum Gasteiger partial charge on any atom is 0.266 e. The van der Waals surface area contributed by atoms with Crippen molar-refractivity contribution in [1.29, 1.82) is 0 Å². The molecule has 168 valence electrons. The Balaban J connectivity index is 1.61. The average molecular weight is 444 g/mol. The number of amides is 2. The smallest absolute Gasteiger partial charge is 0.266 e. The van der Waals surface area contributed by atoms with Crippen molar-refractivity contribution in [2.75, 3.05) is 17.1 Å². The van der Waals surface area contributed by atoms with E-state index in [0.29, 0.717) is 11.3 Å². The summed E-state index contributed by atoms with van der Waals surface area (Å²) in [5.41, 5.74) is 3.89. The van der Waals surface area contributed by atoms with Gasteiger partial charge in [0.05, 0.1) is 24.5 Å². The van der Waals surface area contributed by atoms with Gasteiger partial charge in [0.1, 0.15) is 5.92 Å². The summed E-state index contributed by atoms with van der Waals surface area (Å²) in [6, 6.07) is 19.3. The van der Waals surface area contributed by atoms with Gasteiger partial charge < -0.3 is 9.84 Å². The minimum Gasteiger partial charge on any atom is -0.504 e. The topological polar surface area (TPSA) is 79.3 Å². The molecule has 7 heteroatoms. The minimum absolute atomic E-state index is 0.00583. The summed E-state index contributed by atoms with van der Waals surface area (Å²) in [6.45, 7) is 3.85. The van der Waals surface area contributed by atoms with Crippen molar-refractivity contribution in [3.8, 4) is 11.5 Å². The zero-order chi connectivity index (χ0) is 23.3. The number of phenols is 1. The molecular formula is C26H24N2O5. The Bertz CT molecular complexity index is 1240. The van der Waals surface area contributed by atoms with Crippen molar-refractivity contribution in [3.63, 3.8) is 0 Å². The van der Waals surface area contributed by atoms with E-state index >= 15 is 0 Å². The number of para-hydroxylation sites is 1. The molecule has 3 atom stereocenters. The third-order valence-corrected chi connectivity index (χ3v) is 6.26. The first-order valence-electron chi connectivity index (χ1n) is 10.7. The summed E-state index contributed by atoms with van der Waals surface area (Å²) in [7, 11) is 1.47. The number of aryl methyl sites for hydroxylation is 2. The number of rotatable bonds is 4. The Morgan fingerprint density at radius 3 is 2.39 bits per heavy atom. The molecule has 7 nitrogen and oxygen atoms in total. The van der Waals surface area contributed by atoms with Gasteiger partial charge in [0.25, 0.3) is 5.91 Å². The van der Waals surface area contributed by atoms with E-state index in [4.69, 9.17) is 9.57 Å². The zero-order valence-corrected chi connectivity index (χ0v) is 18.6. The van der Waals surface area contributed by atoms with Crippen LogP contribution in [0.25, 0.3) is 0 Å². The fourth-order valence-corrected chi connectivity index (χ4v) is 4.72. The van der Waals surface area contributed by atoms with Crippen LogP contribution in [0.1, 0.15) is 22.7 Å². The highest BCUT2D eigenvalue weighted by atomic mass is 16.7. The van der Waals surface area contributed by atoms with Crippen LogP contribution in [-0.4, -0.2) is 30.1 Å². The number of methoxy groups -OCH3 is 1. The number of anilines is 2. The van der Waals surface area contributed by atoms with Crippen LogP contribution in [0, 0.1) is 19.8 Å². The molecule has 2 aliphatic heterocycles. The molecule has 2 saturated heterocycles. The number of fused-ring (bicyclic) bond motifs is 1. The van der Waals surface area contributed by atoms with Crippen molar-refractivity contribution in [2.24, 2.45) is 5.92 Å². The predicted molar refractivity (Wildman–Crippen MR) is 123 cm³/mol. The number of benzene rings is 3. The van der Waals surface area contributed by atoms with Gasteiger partial charge >= 0.3 is 0 Å². The Hall–Kier alpha value is -3.84. The molecule has 0 spiro atoms. The van der Waals surface area contributed by atoms with Crippen LogP contribution in [0.5, 0.6) is 11.5 Å². The summed E-state index contributed by atoms with van der Waals surface area (Å²) in [5, 5.41) is 11.7. The van der Waals surface area contributed by atoms with E-state index in [9.17, 15) is 14.7 Å². The SMILES string of the molecule is COc1cc([C@H]2[C@@H]3C(=O)N(c4ccc(C)cc4C)C(=O)[C@@H]3ON2c2ccccc2)ccc1O. The quantitative estimate of drug-likeness (QED) is 0.611. The van der Waals surface area contributed by atoms with E-state index in [2.05, 4.69) is 0 Å². The Morgan fingerprint density at radius 2 is 1.70 bits per heavy atom. The molecule has 0 radical (unpaired) electrons. The maximum atomic E-state index is 13.7. The molecule has 0 aromatic heterocycles. The lowest BCUT2D eigenvalue weighted by atomic mass is 9.90. The first-order valence-corrected chi connectivity index (χ1v) is 10.7. The van der Waals surface area contributed by atoms with Crippen molar-refractivity contribution in [3.05, 3.63) is 83.4 Å². The van der Waals surface area contributed by atoms with Gasteiger partial charge in [-0.1, -0.05) is 42.0 Å². The Labute approximate surface area is 191 Å². The van der Waals surface area contributed by atoms with Crippen molar-refractivity contribution >= 4 is 23.2 Å². The summed E-state index contributed by atoms with van der Waals surface area (Å²) >= 11 is 0. The number of nitrogens with zero attached hydrogens (tertiary/aromatic N) is 2. The van der Waals surface area contributed by atoms with Gasteiger partial charge in [0.15, 0.2) is 17.6 Å². The maximum absolute atomic E-state index is 13.7. The second-order valence-corrected chi connectivity index (χ2v) is 8.39. The molecule has 0 saturated carbocycles. The monoisotopic (exact) mass is 444 g/mol. The molecular weight excluding hydrogens is 420 g/mol. The normalized spacial score (nSPS) is 22.1. The van der Waals surface area contributed by atoms with E-state index in [1.807, 2.05) is 56.3 Å². The fraction of sp³-hybridized carbons (Fsp3) is 0.231. The number of hydrogen-bond donors (Lipinski definition) is 1. The van der Waals surface area contributed by atoms with E-state index in [1.165, 1.54) is 18.1 Å². The van der Waals surface area contributed by atoms with Crippen molar-refractivity contribution in [2.45, 2.75) is 26.0 Å². The van der Waals surface area contributed by atoms with E-state index in [-0.39, 0.29) is 23.3 Å².